The summed E-state index contributed by atoms with van der Waals surface area (Å²) in [5, 5.41) is 41.5. The second-order valence-corrected chi connectivity index (χ2v) is 11.3. The van der Waals surface area contributed by atoms with Crippen molar-refractivity contribution in [3.05, 3.63) is 77.1 Å². The number of anilines is 1. The molecule has 13 nitrogen and oxygen atoms in total. The van der Waals surface area contributed by atoms with E-state index < -0.39 is 53.1 Å². The summed E-state index contributed by atoms with van der Waals surface area (Å²) < 4.78 is 28.3. The number of fused-ring (bicyclic) bond motifs is 2. The van der Waals surface area contributed by atoms with E-state index in [0.29, 0.717) is 25.6 Å². The topological polar surface area (TPSA) is 168 Å². The summed E-state index contributed by atoms with van der Waals surface area (Å²) in [7, 11) is 1.41. The van der Waals surface area contributed by atoms with Gasteiger partial charge in [-0.1, -0.05) is 30.3 Å². The normalized spacial score (nSPS) is 23.6. The van der Waals surface area contributed by atoms with E-state index in [-0.39, 0.29) is 29.4 Å². The Hall–Kier alpha value is -4.62. The number of ether oxygens (including phenoxy) is 5. The molecule has 1 saturated heterocycles. The zero-order valence-electron chi connectivity index (χ0n) is 24.1. The van der Waals surface area contributed by atoms with Gasteiger partial charge in [-0.15, -0.1) is 0 Å². The number of nitrogens with zero attached hydrogens (tertiary/aromatic N) is 2. The Morgan fingerprint density at radius 3 is 2.51 bits per heavy atom. The molecule has 3 atom stereocenters. The highest BCUT2D eigenvalue weighted by atomic mass is 16.8. The highest BCUT2D eigenvalue weighted by Crippen LogP contribution is 2.44. The number of aliphatic hydroxyl groups is 4. The van der Waals surface area contributed by atoms with Gasteiger partial charge in [0.15, 0.2) is 23.5 Å². The fourth-order valence-corrected chi connectivity index (χ4v) is 5.14. The lowest BCUT2D eigenvalue weighted by Gasteiger charge is -2.40. The van der Waals surface area contributed by atoms with E-state index in [1.54, 1.807) is 20.8 Å². The summed E-state index contributed by atoms with van der Waals surface area (Å²) in [6, 6.07) is 11.5. The summed E-state index contributed by atoms with van der Waals surface area (Å²) in [4.78, 5) is 30.5. The predicted molar refractivity (Wildman–Crippen MR) is 150 cm³/mol. The van der Waals surface area contributed by atoms with E-state index in [9.17, 15) is 30.0 Å². The first kappa shape index (κ1) is 29.9. The van der Waals surface area contributed by atoms with Gasteiger partial charge < -0.3 is 44.3 Å². The zero-order valence-corrected chi connectivity index (χ0v) is 24.1. The van der Waals surface area contributed by atoms with Crippen LogP contribution < -0.4 is 14.4 Å². The maximum atomic E-state index is 14.0. The van der Waals surface area contributed by atoms with Crippen LogP contribution in [0.25, 0.3) is 0 Å². The van der Waals surface area contributed by atoms with Gasteiger partial charge in [0, 0.05) is 12.6 Å². The average molecular weight is 599 g/mol. The van der Waals surface area contributed by atoms with Crippen LogP contribution in [0.2, 0.25) is 0 Å². The molecule has 13 heteroatoms. The van der Waals surface area contributed by atoms with E-state index >= 15 is 0 Å². The lowest BCUT2D eigenvalue weighted by atomic mass is 10.1. The number of rotatable bonds is 6. The van der Waals surface area contributed by atoms with Crippen LogP contribution in [0.15, 0.2) is 66.0 Å². The van der Waals surface area contributed by atoms with Crippen molar-refractivity contribution in [2.24, 2.45) is 0 Å². The van der Waals surface area contributed by atoms with Crippen LogP contribution >= 0.6 is 0 Å². The van der Waals surface area contributed by atoms with Crippen molar-refractivity contribution < 1.29 is 53.7 Å². The third-order valence-corrected chi connectivity index (χ3v) is 7.12. The highest BCUT2D eigenvalue weighted by molar-refractivity contribution is 6.06. The number of aliphatic hydroxyl groups excluding tert-OH is 3. The average Bonchev–Trinajstić information content (AvgIpc) is 3.43. The molecule has 0 saturated carbocycles. The first-order chi connectivity index (χ1) is 20.3. The van der Waals surface area contributed by atoms with Gasteiger partial charge in [0.1, 0.15) is 18.5 Å². The standard InChI is InChI=1S/C30H34N2O11/c1-29(2,3)43-28(37)32-20-14-22(39-4)23(40-15-17-9-6-5-7-10-17)13-18(20)26(36)31-12-8-11-19(31)27(32)42-30(38)25(35)24(34)21(33)16-41-30/h5-7,9-10,13-14,16,19,27,33-35,38H,8,11-12,15H2,1-4H3/t19-,27-,30?/m0/s1. The highest BCUT2D eigenvalue weighted by Gasteiger charge is 2.53. The molecule has 3 aliphatic rings. The van der Waals surface area contributed by atoms with Gasteiger partial charge in [-0.3, -0.25) is 9.53 Å². The maximum Gasteiger partial charge on any atom is 0.417 e. The zero-order chi connectivity index (χ0) is 31.1. The van der Waals surface area contributed by atoms with Gasteiger partial charge in [0.25, 0.3) is 5.91 Å². The van der Waals surface area contributed by atoms with Crippen molar-refractivity contribution >= 4 is 17.7 Å². The van der Waals surface area contributed by atoms with Crippen molar-refractivity contribution in [1.82, 2.24) is 4.90 Å². The lowest BCUT2D eigenvalue weighted by Crippen LogP contribution is -2.57. The number of hydrogen-bond donors (Lipinski definition) is 4. The van der Waals surface area contributed by atoms with Crippen LogP contribution in [-0.2, 0) is 20.8 Å². The SMILES string of the molecule is COc1cc2c(cc1OCc1ccccc1)C(=O)N1CCC[C@H]1[C@H](OC1(O)OC=C(O)C(O)=C1O)N2C(=O)OC(C)(C)C. The Morgan fingerprint density at radius 2 is 1.84 bits per heavy atom. The maximum absolute atomic E-state index is 14.0. The van der Waals surface area contributed by atoms with Crippen LogP contribution in [0.4, 0.5) is 10.5 Å². The van der Waals surface area contributed by atoms with Gasteiger partial charge in [-0.25, -0.2) is 9.69 Å². The van der Waals surface area contributed by atoms with Crippen LogP contribution in [0, 0.1) is 0 Å². The van der Waals surface area contributed by atoms with Crippen LogP contribution in [-0.4, -0.2) is 74.8 Å². The number of carbonyl (C=O) groups is 2. The molecule has 2 amide bonds. The second-order valence-electron chi connectivity index (χ2n) is 11.3. The third kappa shape index (κ3) is 5.73. The Balaban J connectivity index is 1.64. The van der Waals surface area contributed by atoms with E-state index in [2.05, 4.69) is 0 Å². The fraction of sp³-hybridized carbons (Fsp3) is 0.400. The fourth-order valence-electron chi connectivity index (χ4n) is 5.14. The number of carbonyl (C=O) groups excluding carboxylic acids is 2. The minimum absolute atomic E-state index is 0.0213. The van der Waals surface area contributed by atoms with Crippen LogP contribution in [0.1, 0.15) is 49.5 Å². The van der Waals surface area contributed by atoms with E-state index in [0.717, 1.165) is 10.5 Å². The smallest absolute Gasteiger partial charge is 0.417 e. The van der Waals surface area contributed by atoms with Gasteiger partial charge in [-0.05, 0) is 45.2 Å². The number of hydrogen-bond acceptors (Lipinski definition) is 11. The Labute approximate surface area is 247 Å². The molecular weight excluding hydrogens is 564 g/mol. The molecule has 4 N–H and O–H groups in total. The number of methoxy groups -OCH3 is 1. The molecule has 5 rings (SSSR count). The summed E-state index contributed by atoms with van der Waals surface area (Å²) in [6.45, 7) is 5.45. The number of amides is 2. The van der Waals surface area contributed by atoms with Gasteiger partial charge in [-0.2, -0.15) is 0 Å². The molecule has 0 aromatic heterocycles. The van der Waals surface area contributed by atoms with Gasteiger partial charge in [0.05, 0.1) is 24.4 Å². The quantitative estimate of drug-likeness (QED) is 0.348. The summed E-state index contributed by atoms with van der Waals surface area (Å²) in [6.07, 6.45) is -1.00. The number of benzene rings is 2. The molecule has 230 valence electrons. The molecule has 2 aromatic rings. The van der Waals surface area contributed by atoms with Gasteiger partial charge >= 0.3 is 12.1 Å². The molecule has 3 aliphatic heterocycles. The third-order valence-electron chi connectivity index (χ3n) is 7.12. The van der Waals surface area contributed by atoms with E-state index in [1.807, 2.05) is 30.3 Å². The Kier molecular flexibility index (Phi) is 7.80. The minimum atomic E-state index is -3.04. The minimum Gasteiger partial charge on any atom is -0.502 e. The van der Waals surface area contributed by atoms with Crippen LogP contribution in [0.5, 0.6) is 11.5 Å². The molecule has 2 aromatic carbocycles. The molecular formula is C30H34N2O11. The first-order valence-electron chi connectivity index (χ1n) is 13.6. The molecule has 43 heavy (non-hydrogen) atoms. The molecule has 0 bridgehead atoms. The summed E-state index contributed by atoms with van der Waals surface area (Å²) in [5.74, 6) is -6.23. The Bertz CT molecular complexity index is 1470. The predicted octanol–water partition coefficient (Wildman–Crippen LogP) is 4.38. The largest absolute Gasteiger partial charge is 0.502 e. The molecule has 3 heterocycles. The molecule has 1 fully saturated rings. The lowest BCUT2D eigenvalue weighted by molar-refractivity contribution is -0.351. The second kappa shape index (κ2) is 11.2. The van der Waals surface area contributed by atoms with Crippen molar-refractivity contribution in [3.8, 4) is 11.5 Å². The molecule has 0 aliphatic carbocycles. The molecule has 1 unspecified atom stereocenters. The van der Waals surface area contributed by atoms with Crippen molar-refractivity contribution in [3.63, 3.8) is 0 Å². The molecule has 0 spiro atoms. The Morgan fingerprint density at radius 1 is 1.12 bits per heavy atom. The van der Waals surface area contributed by atoms with Crippen molar-refractivity contribution in [2.45, 2.75) is 64.1 Å². The summed E-state index contributed by atoms with van der Waals surface area (Å²) in [5.41, 5.74) is -0.00714. The first-order valence-corrected chi connectivity index (χ1v) is 13.6. The summed E-state index contributed by atoms with van der Waals surface area (Å²) >= 11 is 0. The van der Waals surface area contributed by atoms with E-state index in [1.165, 1.54) is 24.1 Å². The molecule has 0 radical (unpaired) electrons. The van der Waals surface area contributed by atoms with Crippen molar-refractivity contribution in [1.29, 1.82) is 0 Å². The van der Waals surface area contributed by atoms with Crippen LogP contribution in [0.3, 0.4) is 0 Å². The monoisotopic (exact) mass is 598 g/mol. The van der Waals surface area contributed by atoms with Crippen molar-refractivity contribution in [2.75, 3.05) is 18.6 Å². The van der Waals surface area contributed by atoms with Gasteiger partial charge in [0.2, 0.25) is 11.5 Å². The van der Waals surface area contributed by atoms with E-state index in [4.69, 9.17) is 23.7 Å².